The molecule has 1 unspecified atom stereocenters. The molecule has 0 fully saturated rings. The van der Waals surface area contributed by atoms with Gasteiger partial charge >= 0.3 is 15.5 Å². The number of hydrogen-bond donors (Lipinski definition) is 0. The van der Waals surface area contributed by atoms with E-state index in [-0.39, 0.29) is 18.4 Å². The van der Waals surface area contributed by atoms with Crippen molar-refractivity contribution in [3.05, 3.63) is 0 Å². The summed E-state index contributed by atoms with van der Waals surface area (Å²) in [5.41, 5.74) is -5.48. The lowest BCUT2D eigenvalue weighted by atomic mass is 10.1. The summed E-state index contributed by atoms with van der Waals surface area (Å²) in [6, 6.07) is 0. The molecule has 0 heterocycles. The molecule has 5 nitrogen and oxygen atoms in total. The molecule has 0 bridgehead atoms. The first kappa shape index (κ1) is 21.4. The third-order valence-electron chi connectivity index (χ3n) is 3.64. The third-order valence-corrected chi connectivity index (χ3v) is 8.26. The Kier molecular flexibility index (Phi) is 8.07. The number of halogens is 3. The van der Waals surface area contributed by atoms with Crippen LogP contribution in [0.15, 0.2) is 4.40 Å². The van der Waals surface area contributed by atoms with Gasteiger partial charge in [-0.05, 0) is 37.4 Å². The van der Waals surface area contributed by atoms with Crippen molar-refractivity contribution in [3.8, 4) is 0 Å². The highest BCUT2D eigenvalue weighted by atomic mass is 32.2. The van der Waals surface area contributed by atoms with Crippen LogP contribution in [0.1, 0.15) is 39.0 Å². The predicted octanol–water partition coefficient (Wildman–Crippen LogP) is 2.79. The molecule has 0 radical (unpaired) electrons. The molecule has 0 amide bonds. The maximum Gasteiger partial charge on any atom is 0.518 e. The van der Waals surface area contributed by atoms with Crippen molar-refractivity contribution < 1.29 is 31.1 Å². The molecule has 0 aromatic carbocycles. The normalized spacial score (nSPS) is 15.9. The summed E-state index contributed by atoms with van der Waals surface area (Å²) in [5.74, 6) is -1.26. The third kappa shape index (κ3) is 6.65. The van der Waals surface area contributed by atoms with Gasteiger partial charge in [0.15, 0.2) is 8.32 Å². The zero-order valence-corrected chi connectivity index (χ0v) is 15.1. The highest BCUT2D eigenvalue weighted by molar-refractivity contribution is 7.91. The van der Waals surface area contributed by atoms with Crippen LogP contribution in [0.4, 0.5) is 13.2 Å². The summed E-state index contributed by atoms with van der Waals surface area (Å²) in [6.45, 7) is 5.93. The Hall–Kier alpha value is -0.613. The molecule has 0 saturated heterocycles. The van der Waals surface area contributed by atoms with Gasteiger partial charge in [0.1, 0.15) is 0 Å². The first-order valence-electron chi connectivity index (χ1n) is 6.99. The number of hydrogen-bond acceptors (Lipinski definition) is 4. The van der Waals surface area contributed by atoms with Crippen molar-refractivity contribution in [2.24, 2.45) is 4.40 Å². The highest BCUT2D eigenvalue weighted by Gasteiger charge is 2.45. The summed E-state index contributed by atoms with van der Waals surface area (Å²) in [7, 11) is -6.24. The number of rotatable bonds is 9. The van der Waals surface area contributed by atoms with Crippen LogP contribution in [0.25, 0.3) is 0 Å². The molecule has 1 atom stereocenters. The number of sulfonamides is 1. The molecule has 0 aromatic rings. The van der Waals surface area contributed by atoms with Crippen LogP contribution in [0.5, 0.6) is 0 Å². The number of nitrogens with zero attached hydrogens (tertiary/aromatic N) is 1. The van der Waals surface area contributed by atoms with E-state index in [0.29, 0.717) is 0 Å². The van der Waals surface area contributed by atoms with Gasteiger partial charge in [-0.3, -0.25) is 0 Å². The molecule has 132 valence electrons. The van der Waals surface area contributed by atoms with Crippen LogP contribution >= 0.6 is 0 Å². The largest absolute Gasteiger partial charge is 0.861 e. The van der Waals surface area contributed by atoms with Gasteiger partial charge in [0, 0.05) is 7.11 Å². The standard InChI is InChI=1S/C12H24F3NO4SSi/c1-5-6-7-10(22(3,4)20-2)8-9-11(17)16-21(18,19)12(13,14)15/h10H,5-9H2,1-4H3,(H,16,17)/p-1. The predicted molar refractivity (Wildman–Crippen MR) is 79.4 cm³/mol. The van der Waals surface area contributed by atoms with E-state index in [9.17, 15) is 26.7 Å². The monoisotopic (exact) mass is 362 g/mol. The molecule has 0 aliphatic rings. The smallest absolute Gasteiger partial charge is 0.518 e. The SMILES string of the molecule is CCCCC(CC/C([O-])=N\S(=O)(=O)C(F)(F)F)[Si](C)(C)OC. The van der Waals surface area contributed by atoms with Crippen LogP contribution in [0.3, 0.4) is 0 Å². The van der Waals surface area contributed by atoms with E-state index >= 15 is 0 Å². The first-order chi connectivity index (χ1) is 9.87. The molecule has 0 saturated carbocycles. The molecule has 0 rings (SSSR count). The van der Waals surface area contributed by atoms with Crippen molar-refractivity contribution in [2.75, 3.05) is 7.11 Å². The Morgan fingerprint density at radius 2 is 1.86 bits per heavy atom. The van der Waals surface area contributed by atoms with Gasteiger partial charge in [0.05, 0.1) is 0 Å². The van der Waals surface area contributed by atoms with Crippen LogP contribution in [-0.4, -0.2) is 35.3 Å². The Morgan fingerprint density at radius 1 is 1.32 bits per heavy atom. The van der Waals surface area contributed by atoms with Crippen LogP contribution in [-0.2, 0) is 14.4 Å². The van der Waals surface area contributed by atoms with E-state index < -0.39 is 29.7 Å². The Bertz CT molecular complexity index is 477. The zero-order valence-electron chi connectivity index (χ0n) is 13.2. The second kappa shape index (κ2) is 8.30. The van der Waals surface area contributed by atoms with Gasteiger partial charge in [-0.15, -0.1) is 0 Å². The average Bonchev–Trinajstić information content (AvgIpc) is 2.36. The van der Waals surface area contributed by atoms with Crippen molar-refractivity contribution in [1.82, 2.24) is 0 Å². The van der Waals surface area contributed by atoms with Crippen molar-refractivity contribution >= 4 is 24.2 Å². The lowest BCUT2D eigenvalue weighted by Gasteiger charge is -2.31. The molecule has 0 aromatic heterocycles. The summed E-state index contributed by atoms with van der Waals surface area (Å²) < 4.78 is 65.9. The van der Waals surface area contributed by atoms with Gasteiger partial charge in [0.2, 0.25) is 0 Å². The lowest BCUT2D eigenvalue weighted by Crippen LogP contribution is -2.36. The second-order valence-corrected chi connectivity index (χ2v) is 11.6. The summed E-state index contributed by atoms with van der Waals surface area (Å²) in [5, 5.41) is 11.4. The molecular formula is C12H23F3NO4SSi-. The van der Waals surface area contributed by atoms with Gasteiger partial charge in [-0.25, -0.2) is 0 Å². The van der Waals surface area contributed by atoms with Crippen molar-refractivity contribution in [2.45, 2.75) is 63.2 Å². The minimum absolute atomic E-state index is 0.0604. The first-order valence-corrected chi connectivity index (χ1v) is 11.4. The summed E-state index contributed by atoms with van der Waals surface area (Å²) >= 11 is 0. The molecule has 10 heteroatoms. The highest BCUT2D eigenvalue weighted by Crippen LogP contribution is 2.33. The average molecular weight is 362 g/mol. The molecule has 0 spiro atoms. The van der Waals surface area contributed by atoms with Crippen LogP contribution in [0.2, 0.25) is 18.6 Å². The molecule has 22 heavy (non-hydrogen) atoms. The second-order valence-electron chi connectivity index (χ2n) is 5.59. The number of unbranched alkanes of at least 4 members (excludes halogenated alkanes) is 1. The van der Waals surface area contributed by atoms with Crippen LogP contribution in [0, 0.1) is 0 Å². The fourth-order valence-electron chi connectivity index (χ4n) is 1.99. The molecular weight excluding hydrogens is 339 g/mol. The van der Waals surface area contributed by atoms with Crippen molar-refractivity contribution in [3.63, 3.8) is 0 Å². The Labute approximate surface area is 130 Å². The van der Waals surface area contributed by atoms with Gasteiger partial charge < -0.3 is 9.53 Å². The Balaban J connectivity index is 4.93. The number of alkyl halides is 3. The zero-order chi connectivity index (χ0) is 17.6. The quantitative estimate of drug-likeness (QED) is 0.359. The maximum atomic E-state index is 12.2. The summed E-state index contributed by atoms with van der Waals surface area (Å²) in [4.78, 5) is 0. The van der Waals surface area contributed by atoms with E-state index in [2.05, 4.69) is 4.40 Å². The molecule has 0 aliphatic heterocycles. The van der Waals surface area contributed by atoms with E-state index in [1.807, 2.05) is 20.0 Å². The Morgan fingerprint density at radius 3 is 2.27 bits per heavy atom. The minimum atomic E-state index is -5.75. The van der Waals surface area contributed by atoms with E-state index in [0.717, 1.165) is 19.3 Å². The van der Waals surface area contributed by atoms with Gasteiger partial charge in [0.25, 0.3) is 0 Å². The maximum absolute atomic E-state index is 12.2. The van der Waals surface area contributed by atoms with E-state index in [1.165, 1.54) is 0 Å². The fourth-order valence-corrected chi connectivity index (χ4v) is 4.52. The topological polar surface area (TPSA) is 78.8 Å². The van der Waals surface area contributed by atoms with Crippen LogP contribution < -0.4 is 5.11 Å². The van der Waals surface area contributed by atoms with E-state index in [1.54, 1.807) is 7.11 Å². The van der Waals surface area contributed by atoms with Gasteiger partial charge in [-0.2, -0.15) is 26.0 Å². The fraction of sp³-hybridized carbons (Fsp3) is 0.917. The molecule has 0 aliphatic carbocycles. The summed E-state index contributed by atoms with van der Waals surface area (Å²) in [6.07, 6.45) is 2.61. The van der Waals surface area contributed by atoms with E-state index in [4.69, 9.17) is 4.43 Å². The lowest BCUT2D eigenvalue weighted by molar-refractivity contribution is -0.218. The van der Waals surface area contributed by atoms with Crippen molar-refractivity contribution in [1.29, 1.82) is 0 Å². The molecule has 0 N–H and O–H groups in total. The minimum Gasteiger partial charge on any atom is -0.861 e. The van der Waals surface area contributed by atoms with Gasteiger partial charge in [-0.1, -0.05) is 26.2 Å².